The lowest BCUT2D eigenvalue weighted by molar-refractivity contribution is 0.0949. The smallest absolute Gasteiger partial charge is 0.257 e. The number of rotatable bonds is 3. The minimum Gasteiger partial charge on any atom is -0.348 e. The second-order valence-corrected chi connectivity index (χ2v) is 6.19. The van der Waals surface area contributed by atoms with E-state index in [1.807, 2.05) is 28.8 Å². The molecule has 0 fully saturated rings. The van der Waals surface area contributed by atoms with E-state index in [4.69, 9.17) is 0 Å². The van der Waals surface area contributed by atoms with Crippen LogP contribution < -0.4 is 10.7 Å². The molecule has 120 valence electrons. The summed E-state index contributed by atoms with van der Waals surface area (Å²) < 4.78 is 2.05. The lowest BCUT2D eigenvalue weighted by Crippen LogP contribution is -2.29. The van der Waals surface area contributed by atoms with Crippen molar-refractivity contribution in [3.05, 3.63) is 75.8 Å². The Balaban J connectivity index is 1.72. The molecule has 1 amide bonds. The SMILES string of the molecule is CC1Cc2cccc3c(=O)c(C(=O)NCc4cccnc4)cn1c23. The van der Waals surface area contributed by atoms with Crippen molar-refractivity contribution in [2.45, 2.75) is 25.9 Å². The van der Waals surface area contributed by atoms with E-state index in [0.717, 1.165) is 17.5 Å². The molecule has 4 rings (SSSR count). The molecule has 24 heavy (non-hydrogen) atoms. The van der Waals surface area contributed by atoms with Gasteiger partial charge in [-0.1, -0.05) is 18.2 Å². The third-order valence-electron chi connectivity index (χ3n) is 4.55. The number of carbonyl (C=O) groups is 1. The molecular weight excluding hydrogens is 302 g/mol. The third-order valence-corrected chi connectivity index (χ3v) is 4.55. The fraction of sp³-hybridized carbons (Fsp3) is 0.211. The molecule has 1 unspecified atom stereocenters. The first kappa shape index (κ1) is 14.6. The van der Waals surface area contributed by atoms with Crippen molar-refractivity contribution in [2.75, 3.05) is 0 Å². The largest absolute Gasteiger partial charge is 0.348 e. The molecule has 5 heteroatoms. The van der Waals surface area contributed by atoms with Crippen molar-refractivity contribution in [1.29, 1.82) is 0 Å². The molecule has 3 heterocycles. The van der Waals surface area contributed by atoms with E-state index in [9.17, 15) is 9.59 Å². The zero-order valence-corrected chi connectivity index (χ0v) is 13.3. The van der Waals surface area contributed by atoms with Crippen LogP contribution in [0.15, 0.2) is 53.7 Å². The summed E-state index contributed by atoms with van der Waals surface area (Å²) in [5, 5.41) is 3.43. The highest BCUT2D eigenvalue weighted by Crippen LogP contribution is 2.30. The lowest BCUT2D eigenvalue weighted by atomic mass is 10.1. The van der Waals surface area contributed by atoms with Gasteiger partial charge in [-0.3, -0.25) is 14.6 Å². The lowest BCUT2D eigenvalue weighted by Gasteiger charge is -2.12. The highest BCUT2D eigenvalue weighted by atomic mass is 16.2. The molecule has 0 bridgehead atoms. The summed E-state index contributed by atoms with van der Waals surface area (Å²) in [4.78, 5) is 29.3. The molecule has 1 aliphatic heterocycles. The molecule has 0 saturated carbocycles. The molecule has 0 saturated heterocycles. The van der Waals surface area contributed by atoms with Crippen LogP contribution in [0.25, 0.3) is 10.9 Å². The topological polar surface area (TPSA) is 64.0 Å². The van der Waals surface area contributed by atoms with Crippen molar-refractivity contribution in [1.82, 2.24) is 14.9 Å². The molecule has 0 aliphatic carbocycles. The van der Waals surface area contributed by atoms with Crippen LogP contribution in [-0.4, -0.2) is 15.5 Å². The van der Waals surface area contributed by atoms with Crippen LogP contribution in [0.4, 0.5) is 0 Å². The van der Waals surface area contributed by atoms with Crippen molar-refractivity contribution in [3.63, 3.8) is 0 Å². The van der Waals surface area contributed by atoms with E-state index < -0.39 is 0 Å². The fourth-order valence-electron chi connectivity index (χ4n) is 3.36. The van der Waals surface area contributed by atoms with Crippen molar-refractivity contribution >= 4 is 16.8 Å². The number of nitrogens with zero attached hydrogens (tertiary/aromatic N) is 2. The fourth-order valence-corrected chi connectivity index (χ4v) is 3.36. The zero-order valence-electron chi connectivity index (χ0n) is 13.3. The molecular formula is C19H17N3O2. The molecule has 5 nitrogen and oxygen atoms in total. The van der Waals surface area contributed by atoms with E-state index >= 15 is 0 Å². The highest BCUT2D eigenvalue weighted by Gasteiger charge is 2.24. The van der Waals surface area contributed by atoms with Gasteiger partial charge in [0, 0.05) is 36.6 Å². The van der Waals surface area contributed by atoms with Gasteiger partial charge in [0.25, 0.3) is 5.91 Å². The van der Waals surface area contributed by atoms with E-state index in [1.54, 1.807) is 24.7 Å². The summed E-state index contributed by atoms with van der Waals surface area (Å²) >= 11 is 0. The summed E-state index contributed by atoms with van der Waals surface area (Å²) in [5.41, 5.74) is 3.00. The Bertz CT molecular complexity index is 993. The Kier molecular flexibility index (Phi) is 3.41. The number of carbonyl (C=O) groups excluding carboxylic acids is 1. The number of nitrogens with one attached hydrogen (secondary N) is 1. The van der Waals surface area contributed by atoms with Crippen LogP contribution in [0, 0.1) is 0 Å². The molecule has 1 aliphatic rings. The monoisotopic (exact) mass is 319 g/mol. The van der Waals surface area contributed by atoms with Gasteiger partial charge in [-0.25, -0.2) is 0 Å². The Morgan fingerprint density at radius 1 is 1.33 bits per heavy atom. The van der Waals surface area contributed by atoms with Crippen molar-refractivity contribution in [2.24, 2.45) is 0 Å². The van der Waals surface area contributed by atoms with E-state index in [-0.39, 0.29) is 22.9 Å². The van der Waals surface area contributed by atoms with Gasteiger partial charge >= 0.3 is 0 Å². The van der Waals surface area contributed by atoms with Crippen LogP contribution >= 0.6 is 0 Å². The van der Waals surface area contributed by atoms with Gasteiger partial charge in [0.1, 0.15) is 5.56 Å². The molecule has 1 atom stereocenters. The predicted molar refractivity (Wildman–Crippen MR) is 92.0 cm³/mol. The van der Waals surface area contributed by atoms with Gasteiger partial charge in [0.05, 0.1) is 5.52 Å². The number of para-hydroxylation sites is 1. The maximum absolute atomic E-state index is 12.7. The third kappa shape index (κ3) is 2.29. The van der Waals surface area contributed by atoms with Crippen LogP contribution in [-0.2, 0) is 13.0 Å². The first-order valence-corrected chi connectivity index (χ1v) is 7.99. The quantitative estimate of drug-likeness (QED) is 0.806. The number of hydrogen-bond donors (Lipinski definition) is 1. The van der Waals surface area contributed by atoms with Gasteiger partial charge < -0.3 is 9.88 Å². The van der Waals surface area contributed by atoms with E-state index in [0.29, 0.717) is 11.9 Å². The normalized spacial score (nSPS) is 15.6. The number of aromatic nitrogens is 2. The zero-order chi connectivity index (χ0) is 16.7. The average Bonchev–Trinajstić information content (AvgIpc) is 2.93. The molecule has 1 N–H and O–H groups in total. The number of benzene rings is 1. The minimum atomic E-state index is -0.348. The van der Waals surface area contributed by atoms with Gasteiger partial charge in [-0.05, 0) is 36.6 Å². The average molecular weight is 319 g/mol. The summed E-state index contributed by atoms with van der Waals surface area (Å²) in [6.07, 6.45) is 5.96. The Morgan fingerprint density at radius 3 is 3.00 bits per heavy atom. The summed E-state index contributed by atoms with van der Waals surface area (Å²) in [5.74, 6) is -0.348. The van der Waals surface area contributed by atoms with Gasteiger partial charge in [0.2, 0.25) is 5.43 Å². The Labute approximate surface area is 139 Å². The van der Waals surface area contributed by atoms with E-state index in [2.05, 4.69) is 17.2 Å². The maximum atomic E-state index is 12.7. The van der Waals surface area contributed by atoms with Crippen molar-refractivity contribution in [3.8, 4) is 0 Å². The molecule has 2 aromatic heterocycles. The molecule has 3 aromatic rings. The molecule has 0 radical (unpaired) electrons. The number of pyridine rings is 2. The first-order chi connectivity index (χ1) is 11.6. The van der Waals surface area contributed by atoms with Gasteiger partial charge in [-0.15, -0.1) is 0 Å². The number of amides is 1. The number of hydrogen-bond acceptors (Lipinski definition) is 3. The Hall–Kier alpha value is -2.95. The van der Waals surface area contributed by atoms with Crippen LogP contribution in [0.1, 0.15) is 34.5 Å². The van der Waals surface area contributed by atoms with Crippen LogP contribution in [0.5, 0.6) is 0 Å². The maximum Gasteiger partial charge on any atom is 0.257 e. The van der Waals surface area contributed by atoms with E-state index in [1.165, 1.54) is 5.56 Å². The van der Waals surface area contributed by atoms with Gasteiger partial charge in [0.15, 0.2) is 0 Å². The Morgan fingerprint density at radius 2 is 2.21 bits per heavy atom. The minimum absolute atomic E-state index is 0.192. The summed E-state index contributed by atoms with van der Waals surface area (Å²) in [6, 6.07) is 9.68. The van der Waals surface area contributed by atoms with Gasteiger partial charge in [-0.2, -0.15) is 0 Å². The second-order valence-electron chi connectivity index (χ2n) is 6.19. The summed E-state index contributed by atoms with van der Waals surface area (Å²) in [6.45, 7) is 2.45. The molecule has 0 spiro atoms. The summed E-state index contributed by atoms with van der Waals surface area (Å²) in [7, 11) is 0. The van der Waals surface area contributed by atoms with Crippen LogP contribution in [0.2, 0.25) is 0 Å². The standard InChI is InChI=1S/C19H17N3O2/c1-12-8-14-5-2-6-15-17(14)22(12)11-16(18(15)23)19(24)21-10-13-4-3-7-20-9-13/h2-7,9,11-12H,8,10H2,1H3,(H,21,24). The molecule has 1 aromatic carbocycles. The van der Waals surface area contributed by atoms with Crippen LogP contribution in [0.3, 0.4) is 0 Å². The second kappa shape index (κ2) is 5.60. The predicted octanol–water partition coefficient (Wildman–Crippen LogP) is 2.44. The van der Waals surface area contributed by atoms with Crippen molar-refractivity contribution < 1.29 is 4.79 Å². The highest BCUT2D eigenvalue weighted by molar-refractivity contribution is 5.98. The first-order valence-electron chi connectivity index (χ1n) is 7.99.